The van der Waals surface area contributed by atoms with Crippen LogP contribution in [-0.2, 0) is 16.1 Å². The molecule has 1 aromatic carbocycles. The van der Waals surface area contributed by atoms with E-state index < -0.39 is 0 Å². The van der Waals surface area contributed by atoms with Crippen LogP contribution in [0.2, 0.25) is 4.34 Å². The number of methoxy groups -OCH3 is 1. The number of halogens is 1. The number of hydrogen-bond acceptors (Lipinski definition) is 5. The van der Waals surface area contributed by atoms with E-state index in [1.54, 1.807) is 6.20 Å². The Bertz CT molecular complexity index is 589. The normalized spacial score (nSPS) is 10.3. The largest absolute Gasteiger partial charge is 0.378 e. The van der Waals surface area contributed by atoms with Gasteiger partial charge >= 0.3 is 0 Å². The summed E-state index contributed by atoms with van der Waals surface area (Å²) in [5.74, 6) is -0.184. The average Bonchev–Trinajstić information content (AvgIpc) is 2.83. The lowest BCUT2D eigenvalue weighted by Gasteiger charge is -2.08. The van der Waals surface area contributed by atoms with E-state index in [-0.39, 0.29) is 12.5 Å². The number of nitrogens with one attached hydrogen (secondary N) is 2. The second-order valence-electron chi connectivity index (χ2n) is 3.97. The van der Waals surface area contributed by atoms with Crippen molar-refractivity contribution in [2.45, 2.75) is 6.54 Å². The molecule has 0 unspecified atom stereocenters. The summed E-state index contributed by atoms with van der Waals surface area (Å²) in [6.07, 6.45) is 1.63. The number of benzene rings is 1. The van der Waals surface area contributed by atoms with Crippen molar-refractivity contribution >= 4 is 40.2 Å². The standard InChI is InChI=1S/C13H14ClN3O2S/c1-19-8-12(18)17-10-4-2-3-9(5-10)15-7-13-16-6-11(14)20-13/h2-6,15H,7-8H2,1H3,(H,17,18). The number of aromatic nitrogens is 1. The summed E-state index contributed by atoms with van der Waals surface area (Å²) in [7, 11) is 1.48. The summed E-state index contributed by atoms with van der Waals surface area (Å²) in [6.45, 7) is 0.627. The van der Waals surface area contributed by atoms with Gasteiger partial charge in [0.2, 0.25) is 5.91 Å². The monoisotopic (exact) mass is 311 g/mol. The van der Waals surface area contributed by atoms with E-state index in [9.17, 15) is 4.79 Å². The van der Waals surface area contributed by atoms with Crippen molar-refractivity contribution in [3.05, 3.63) is 39.8 Å². The van der Waals surface area contributed by atoms with Gasteiger partial charge in [0.15, 0.2) is 0 Å². The van der Waals surface area contributed by atoms with E-state index in [0.717, 1.165) is 10.7 Å². The van der Waals surface area contributed by atoms with Gasteiger partial charge in [-0.2, -0.15) is 0 Å². The lowest BCUT2D eigenvalue weighted by atomic mass is 10.2. The summed E-state index contributed by atoms with van der Waals surface area (Å²) >= 11 is 7.26. The van der Waals surface area contributed by atoms with Crippen LogP contribution < -0.4 is 10.6 Å². The quantitative estimate of drug-likeness (QED) is 0.861. The van der Waals surface area contributed by atoms with Gasteiger partial charge in [0.1, 0.15) is 16.0 Å². The molecular weight excluding hydrogens is 298 g/mol. The second-order valence-corrected chi connectivity index (χ2v) is 5.72. The van der Waals surface area contributed by atoms with Crippen molar-refractivity contribution in [1.82, 2.24) is 4.98 Å². The van der Waals surface area contributed by atoms with Gasteiger partial charge in [-0.05, 0) is 18.2 Å². The van der Waals surface area contributed by atoms with E-state index in [1.807, 2.05) is 24.3 Å². The fourth-order valence-electron chi connectivity index (χ4n) is 1.58. The predicted octanol–water partition coefficient (Wildman–Crippen LogP) is 2.99. The highest BCUT2D eigenvalue weighted by Gasteiger charge is 2.03. The van der Waals surface area contributed by atoms with Gasteiger partial charge in [0, 0.05) is 18.5 Å². The van der Waals surface area contributed by atoms with Crippen molar-refractivity contribution in [3.8, 4) is 0 Å². The minimum absolute atomic E-state index is 0.0370. The molecule has 7 heteroatoms. The van der Waals surface area contributed by atoms with Crippen molar-refractivity contribution in [2.75, 3.05) is 24.4 Å². The SMILES string of the molecule is COCC(=O)Nc1cccc(NCc2ncc(Cl)s2)c1. The van der Waals surface area contributed by atoms with Gasteiger partial charge in [-0.15, -0.1) is 11.3 Å². The molecule has 1 heterocycles. The van der Waals surface area contributed by atoms with Crippen molar-refractivity contribution < 1.29 is 9.53 Å². The summed E-state index contributed by atoms with van der Waals surface area (Å²) < 4.78 is 5.44. The minimum atomic E-state index is -0.184. The first-order chi connectivity index (χ1) is 9.67. The Labute approximate surface area is 125 Å². The molecule has 5 nitrogen and oxygen atoms in total. The molecule has 2 N–H and O–H groups in total. The molecule has 2 rings (SSSR count). The number of anilines is 2. The maximum absolute atomic E-state index is 11.4. The molecule has 0 bridgehead atoms. The molecule has 2 aromatic rings. The Balaban J connectivity index is 1.93. The second kappa shape index (κ2) is 7.23. The number of amides is 1. The molecule has 0 aliphatic heterocycles. The Morgan fingerprint density at radius 1 is 1.45 bits per heavy atom. The smallest absolute Gasteiger partial charge is 0.250 e. The van der Waals surface area contributed by atoms with E-state index in [4.69, 9.17) is 16.3 Å². The number of rotatable bonds is 6. The van der Waals surface area contributed by atoms with Gasteiger partial charge in [0.05, 0.1) is 12.7 Å². The number of hydrogen-bond donors (Lipinski definition) is 2. The molecule has 106 valence electrons. The zero-order valence-electron chi connectivity index (χ0n) is 10.9. The third kappa shape index (κ3) is 4.48. The van der Waals surface area contributed by atoms with E-state index >= 15 is 0 Å². The van der Waals surface area contributed by atoms with Crippen LogP contribution in [-0.4, -0.2) is 24.6 Å². The van der Waals surface area contributed by atoms with Crippen molar-refractivity contribution in [1.29, 1.82) is 0 Å². The van der Waals surface area contributed by atoms with Crippen LogP contribution in [0, 0.1) is 0 Å². The van der Waals surface area contributed by atoms with Gasteiger partial charge in [0.25, 0.3) is 0 Å². The molecule has 0 saturated heterocycles. The van der Waals surface area contributed by atoms with Crippen LogP contribution in [0.15, 0.2) is 30.5 Å². The first-order valence-electron chi connectivity index (χ1n) is 5.90. The Kier molecular flexibility index (Phi) is 5.34. The molecule has 20 heavy (non-hydrogen) atoms. The van der Waals surface area contributed by atoms with E-state index in [1.165, 1.54) is 18.4 Å². The van der Waals surface area contributed by atoms with Crippen LogP contribution in [0.4, 0.5) is 11.4 Å². The molecule has 1 amide bonds. The Hall–Kier alpha value is -1.63. The fourth-order valence-corrected chi connectivity index (χ4v) is 2.48. The van der Waals surface area contributed by atoms with Crippen molar-refractivity contribution in [3.63, 3.8) is 0 Å². The molecule has 0 saturated carbocycles. The maximum Gasteiger partial charge on any atom is 0.250 e. The van der Waals surface area contributed by atoms with Crippen LogP contribution in [0.1, 0.15) is 5.01 Å². The summed E-state index contributed by atoms with van der Waals surface area (Å²) in [5, 5.41) is 6.88. The van der Waals surface area contributed by atoms with Crippen LogP contribution in [0.5, 0.6) is 0 Å². The topological polar surface area (TPSA) is 63.2 Å². The van der Waals surface area contributed by atoms with Gasteiger partial charge in [-0.25, -0.2) is 4.98 Å². The molecular formula is C13H14ClN3O2S. The summed E-state index contributed by atoms with van der Waals surface area (Å²) in [6, 6.07) is 7.45. The zero-order valence-corrected chi connectivity index (χ0v) is 12.4. The zero-order chi connectivity index (χ0) is 14.4. The lowest BCUT2D eigenvalue weighted by molar-refractivity contribution is -0.119. The van der Waals surface area contributed by atoms with E-state index in [0.29, 0.717) is 16.6 Å². The fraction of sp³-hybridized carbons (Fsp3) is 0.231. The Morgan fingerprint density at radius 3 is 2.95 bits per heavy atom. The number of carbonyl (C=O) groups is 1. The van der Waals surface area contributed by atoms with E-state index in [2.05, 4.69) is 15.6 Å². The van der Waals surface area contributed by atoms with Gasteiger partial charge in [-0.1, -0.05) is 17.7 Å². The highest BCUT2D eigenvalue weighted by atomic mass is 35.5. The van der Waals surface area contributed by atoms with Gasteiger partial charge < -0.3 is 15.4 Å². The summed E-state index contributed by atoms with van der Waals surface area (Å²) in [4.78, 5) is 15.6. The van der Waals surface area contributed by atoms with Crippen molar-refractivity contribution in [2.24, 2.45) is 0 Å². The van der Waals surface area contributed by atoms with Crippen LogP contribution >= 0.6 is 22.9 Å². The third-order valence-electron chi connectivity index (χ3n) is 2.39. The molecule has 0 radical (unpaired) electrons. The number of ether oxygens (including phenoxy) is 1. The molecule has 0 aliphatic carbocycles. The molecule has 0 atom stereocenters. The maximum atomic E-state index is 11.4. The lowest BCUT2D eigenvalue weighted by Crippen LogP contribution is -2.17. The molecule has 0 aliphatic rings. The predicted molar refractivity (Wildman–Crippen MR) is 81.4 cm³/mol. The summed E-state index contributed by atoms with van der Waals surface area (Å²) in [5.41, 5.74) is 1.61. The Morgan fingerprint density at radius 2 is 2.25 bits per heavy atom. The average molecular weight is 312 g/mol. The molecule has 1 aromatic heterocycles. The number of thiazole rings is 1. The minimum Gasteiger partial charge on any atom is -0.378 e. The van der Waals surface area contributed by atoms with Crippen LogP contribution in [0.3, 0.4) is 0 Å². The first kappa shape index (κ1) is 14.8. The highest BCUT2D eigenvalue weighted by molar-refractivity contribution is 7.15. The first-order valence-corrected chi connectivity index (χ1v) is 7.10. The van der Waals surface area contributed by atoms with Crippen LogP contribution in [0.25, 0.3) is 0 Å². The number of carbonyl (C=O) groups excluding carboxylic acids is 1. The molecule has 0 fully saturated rings. The molecule has 0 spiro atoms. The number of nitrogens with zero attached hydrogens (tertiary/aromatic N) is 1. The third-order valence-corrected chi connectivity index (χ3v) is 3.51. The highest BCUT2D eigenvalue weighted by Crippen LogP contribution is 2.20. The van der Waals surface area contributed by atoms with Gasteiger partial charge in [-0.3, -0.25) is 4.79 Å².